The van der Waals surface area contributed by atoms with Crippen molar-refractivity contribution in [2.24, 2.45) is 0 Å². The number of rotatable bonds is 1. The first kappa shape index (κ1) is 11.6. The van der Waals surface area contributed by atoms with Gasteiger partial charge in [0.05, 0.1) is 0 Å². The van der Waals surface area contributed by atoms with Gasteiger partial charge in [-0.15, -0.1) is 0 Å². The van der Waals surface area contributed by atoms with E-state index in [2.05, 4.69) is 4.98 Å². The van der Waals surface area contributed by atoms with E-state index < -0.39 is 16.8 Å². The fourth-order valence-corrected chi connectivity index (χ4v) is 0.926. The second-order valence-electron chi connectivity index (χ2n) is 4.05. The molecule has 0 aromatic carbocycles. The molecule has 1 amide bonds. The summed E-state index contributed by atoms with van der Waals surface area (Å²) in [7, 11) is 0. The first-order valence-corrected chi connectivity index (χ1v) is 4.59. The molecule has 0 fully saturated rings. The zero-order valence-electron chi connectivity index (χ0n) is 8.98. The maximum atomic E-state index is 11.5. The van der Waals surface area contributed by atoms with Gasteiger partial charge in [0.1, 0.15) is 5.60 Å². The van der Waals surface area contributed by atoms with Crippen LogP contribution in [0, 0.1) is 5.21 Å². The van der Waals surface area contributed by atoms with Gasteiger partial charge in [-0.2, -0.15) is 4.79 Å². The minimum Gasteiger partial charge on any atom is -0.617 e. The van der Waals surface area contributed by atoms with E-state index in [1.807, 2.05) is 0 Å². The Labute approximate surface area is 88.3 Å². The van der Waals surface area contributed by atoms with Crippen molar-refractivity contribution < 1.29 is 14.6 Å². The first-order chi connectivity index (χ1) is 6.90. The highest BCUT2D eigenvalue weighted by Gasteiger charge is 2.23. The SMILES string of the molecule is CC(C)(C)OC(=O)[NH+]([O-])c1ccccn1. The van der Waals surface area contributed by atoms with E-state index >= 15 is 0 Å². The Morgan fingerprint density at radius 3 is 2.60 bits per heavy atom. The summed E-state index contributed by atoms with van der Waals surface area (Å²) in [6, 6.07) is 4.79. The summed E-state index contributed by atoms with van der Waals surface area (Å²) in [5, 5.41) is 10.8. The zero-order chi connectivity index (χ0) is 11.5. The number of carbonyl (C=O) groups is 1. The van der Waals surface area contributed by atoms with Crippen LogP contribution in [0.25, 0.3) is 0 Å². The summed E-state index contributed by atoms with van der Waals surface area (Å²) in [6.45, 7) is 5.11. The van der Waals surface area contributed by atoms with E-state index in [9.17, 15) is 10.0 Å². The Balaban J connectivity index is 2.70. The first-order valence-electron chi connectivity index (χ1n) is 4.59. The molecule has 1 N–H and O–H groups in total. The number of ether oxygens (including phenoxy) is 1. The standard InChI is InChI=1S/C10H14N2O3/c1-10(2,3)15-9(13)12(14)8-6-4-5-7-11-8/h4-7,12H,1-3H3. The molecule has 82 valence electrons. The van der Waals surface area contributed by atoms with Crippen molar-refractivity contribution in [3.05, 3.63) is 29.6 Å². The number of hydroxylamine groups is 1. The third kappa shape index (κ3) is 3.65. The van der Waals surface area contributed by atoms with Gasteiger partial charge in [-0.05, 0) is 26.8 Å². The van der Waals surface area contributed by atoms with Gasteiger partial charge in [-0.3, -0.25) is 0 Å². The van der Waals surface area contributed by atoms with E-state index in [1.165, 1.54) is 12.3 Å². The van der Waals surface area contributed by atoms with Crippen LogP contribution in [0.2, 0.25) is 0 Å². The molecule has 0 aliphatic rings. The molecule has 5 nitrogen and oxygen atoms in total. The van der Waals surface area contributed by atoms with Crippen molar-refractivity contribution in [2.75, 3.05) is 0 Å². The second kappa shape index (κ2) is 4.37. The molecule has 1 rings (SSSR count). The second-order valence-corrected chi connectivity index (χ2v) is 4.05. The number of amides is 1. The number of hydrogen-bond donors (Lipinski definition) is 1. The summed E-state index contributed by atoms with van der Waals surface area (Å²) in [4.78, 5) is 15.1. The number of nitrogens with one attached hydrogen (secondary N) is 1. The normalized spacial score (nSPS) is 13.3. The Hall–Kier alpha value is -1.46. The average Bonchev–Trinajstić information content (AvgIpc) is 2.15. The van der Waals surface area contributed by atoms with E-state index in [0.717, 1.165) is 0 Å². The van der Waals surface area contributed by atoms with Gasteiger partial charge >= 0.3 is 6.09 Å². The van der Waals surface area contributed by atoms with Crippen LogP contribution >= 0.6 is 0 Å². The van der Waals surface area contributed by atoms with Gasteiger partial charge < -0.3 is 9.94 Å². The largest absolute Gasteiger partial charge is 0.617 e. The van der Waals surface area contributed by atoms with Crippen LogP contribution in [0.4, 0.5) is 10.6 Å². The van der Waals surface area contributed by atoms with Crippen LogP contribution in [-0.4, -0.2) is 16.7 Å². The van der Waals surface area contributed by atoms with Crippen LogP contribution in [0.1, 0.15) is 20.8 Å². The van der Waals surface area contributed by atoms with E-state index in [1.54, 1.807) is 32.9 Å². The van der Waals surface area contributed by atoms with Crippen molar-refractivity contribution in [1.29, 1.82) is 0 Å². The van der Waals surface area contributed by atoms with Crippen LogP contribution in [0.5, 0.6) is 0 Å². The molecular formula is C10H14N2O3. The zero-order valence-corrected chi connectivity index (χ0v) is 8.98. The van der Waals surface area contributed by atoms with Gasteiger partial charge in [-0.1, -0.05) is 6.07 Å². The Morgan fingerprint density at radius 2 is 2.13 bits per heavy atom. The Morgan fingerprint density at radius 1 is 1.47 bits per heavy atom. The Bertz CT molecular complexity index is 332. The molecule has 1 aromatic heterocycles. The van der Waals surface area contributed by atoms with Crippen LogP contribution in [-0.2, 0) is 4.74 Å². The molecule has 1 aromatic rings. The quantitative estimate of drug-likeness (QED) is 0.703. The maximum Gasteiger partial charge on any atom is 0.521 e. The summed E-state index contributed by atoms with van der Waals surface area (Å²) in [5.74, 6) is 0.103. The van der Waals surface area contributed by atoms with Crippen molar-refractivity contribution in [2.45, 2.75) is 26.4 Å². The molecule has 5 heteroatoms. The van der Waals surface area contributed by atoms with Gasteiger partial charge in [0.25, 0.3) is 0 Å². The van der Waals surface area contributed by atoms with Crippen LogP contribution in [0.3, 0.4) is 0 Å². The van der Waals surface area contributed by atoms with Crippen molar-refractivity contribution in [3.8, 4) is 0 Å². The summed E-state index contributed by atoms with van der Waals surface area (Å²) < 4.78 is 4.93. The Kier molecular flexibility index (Phi) is 3.39. The van der Waals surface area contributed by atoms with Crippen LogP contribution in [0.15, 0.2) is 24.4 Å². The summed E-state index contributed by atoms with van der Waals surface area (Å²) in [6.07, 6.45) is 0.582. The van der Waals surface area contributed by atoms with E-state index in [4.69, 9.17) is 4.74 Å². The molecule has 0 bridgehead atoms. The van der Waals surface area contributed by atoms with E-state index in [0.29, 0.717) is 0 Å². The number of pyridine rings is 1. The van der Waals surface area contributed by atoms with Gasteiger partial charge in [0.2, 0.25) is 5.82 Å². The third-order valence-corrected chi connectivity index (χ3v) is 1.48. The van der Waals surface area contributed by atoms with Crippen molar-refractivity contribution in [1.82, 2.24) is 4.98 Å². The van der Waals surface area contributed by atoms with Gasteiger partial charge in [0, 0.05) is 12.3 Å². The highest BCUT2D eigenvalue weighted by Crippen LogP contribution is 2.06. The monoisotopic (exact) mass is 210 g/mol. The molecule has 0 saturated heterocycles. The summed E-state index contributed by atoms with van der Waals surface area (Å²) >= 11 is 0. The van der Waals surface area contributed by atoms with Gasteiger partial charge in [0.15, 0.2) is 0 Å². The van der Waals surface area contributed by atoms with Crippen molar-refractivity contribution in [3.63, 3.8) is 0 Å². The molecule has 0 spiro atoms. The minimum absolute atomic E-state index is 0.103. The lowest BCUT2D eigenvalue weighted by molar-refractivity contribution is -0.697. The predicted octanol–water partition coefficient (Wildman–Crippen LogP) is 1.03. The minimum atomic E-state index is -0.874. The van der Waals surface area contributed by atoms with Gasteiger partial charge in [-0.25, -0.2) is 10.0 Å². The molecule has 1 unspecified atom stereocenters. The third-order valence-electron chi connectivity index (χ3n) is 1.48. The lowest BCUT2D eigenvalue weighted by Gasteiger charge is -2.23. The van der Waals surface area contributed by atoms with E-state index in [-0.39, 0.29) is 5.82 Å². The lowest BCUT2D eigenvalue weighted by atomic mass is 10.2. The summed E-state index contributed by atoms with van der Waals surface area (Å²) in [5.41, 5.74) is -0.665. The molecular weight excluding hydrogens is 196 g/mol. The maximum absolute atomic E-state index is 11.5. The number of nitrogens with zero attached hydrogens (tertiary/aromatic N) is 1. The molecule has 0 radical (unpaired) electrons. The molecule has 15 heavy (non-hydrogen) atoms. The number of aromatic nitrogens is 1. The predicted molar refractivity (Wildman–Crippen MR) is 54.5 cm³/mol. The molecule has 0 aliphatic heterocycles. The smallest absolute Gasteiger partial charge is 0.521 e. The molecule has 1 heterocycles. The molecule has 0 saturated carbocycles. The number of carbonyl (C=O) groups excluding carboxylic acids is 1. The highest BCUT2D eigenvalue weighted by molar-refractivity contribution is 5.60. The topological polar surface area (TPSA) is 66.7 Å². The fourth-order valence-electron chi connectivity index (χ4n) is 0.926. The molecule has 0 aliphatic carbocycles. The lowest BCUT2D eigenvalue weighted by Crippen LogP contribution is -3.05. The average molecular weight is 210 g/mol. The fraction of sp³-hybridized carbons (Fsp3) is 0.400. The number of quaternary nitrogens is 1. The van der Waals surface area contributed by atoms with Crippen molar-refractivity contribution >= 4 is 11.9 Å². The van der Waals surface area contributed by atoms with Crippen LogP contribution < -0.4 is 5.06 Å². The highest BCUT2D eigenvalue weighted by atomic mass is 16.6. The molecule has 1 atom stereocenters. The number of hydrogen-bond acceptors (Lipinski definition) is 4.